The van der Waals surface area contributed by atoms with Crippen LogP contribution in [0.15, 0.2) is 59.7 Å². The third kappa shape index (κ3) is 5.34. The highest BCUT2D eigenvalue weighted by atomic mass is 19.1. The van der Waals surface area contributed by atoms with Crippen molar-refractivity contribution in [2.45, 2.75) is 32.4 Å². The minimum absolute atomic E-state index is 0.120. The summed E-state index contributed by atoms with van der Waals surface area (Å²) in [4.78, 5) is 16.7. The predicted octanol–water partition coefficient (Wildman–Crippen LogP) is 4.81. The van der Waals surface area contributed by atoms with Gasteiger partial charge in [0.2, 0.25) is 0 Å². The van der Waals surface area contributed by atoms with Crippen LogP contribution in [0.5, 0.6) is 0 Å². The number of benzene rings is 2. The van der Waals surface area contributed by atoms with Crippen LogP contribution in [0.4, 0.5) is 9.18 Å². The Hall–Kier alpha value is -3.35. The number of carbonyl (C=O) groups excluding carboxylic acids is 1. The molecule has 0 bridgehead atoms. The molecule has 2 aromatic carbocycles. The second-order valence-electron chi connectivity index (χ2n) is 7.66. The highest BCUT2D eigenvalue weighted by Crippen LogP contribution is 2.29. The molecule has 0 spiro atoms. The monoisotopic (exact) mass is 396 g/mol. The molecule has 1 atom stereocenters. The Balaban J connectivity index is 1.90. The number of rotatable bonds is 5. The van der Waals surface area contributed by atoms with Gasteiger partial charge in [-0.05, 0) is 44.5 Å². The van der Waals surface area contributed by atoms with Crippen LogP contribution in [-0.2, 0) is 4.74 Å². The number of amides is 1. The second-order valence-corrected chi connectivity index (χ2v) is 7.66. The Labute approximate surface area is 168 Å². The first-order valence-corrected chi connectivity index (χ1v) is 9.26. The summed E-state index contributed by atoms with van der Waals surface area (Å²) >= 11 is 0. The zero-order valence-corrected chi connectivity index (χ0v) is 16.6. The van der Waals surface area contributed by atoms with Gasteiger partial charge in [-0.25, -0.2) is 9.18 Å². The lowest BCUT2D eigenvalue weighted by molar-refractivity contribution is 0.0525. The third-order valence-corrected chi connectivity index (χ3v) is 4.17. The van der Waals surface area contributed by atoms with E-state index in [1.165, 1.54) is 18.3 Å². The molecule has 0 saturated heterocycles. The van der Waals surface area contributed by atoms with Gasteiger partial charge in [0.15, 0.2) is 0 Å². The first kappa shape index (κ1) is 20.4. The SMILES string of the molecule is CC(C)(C)OC(=O)NCC(N=Cc1ccccc1)c1cn([O-])c2cc(F)ccc12. The van der Waals surface area contributed by atoms with Crippen LogP contribution in [0.2, 0.25) is 0 Å². The first-order chi connectivity index (χ1) is 13.7. The summed E-state index contributed by atoms with van der Waals surface area (Å²) in [5.74, 6) is -0.490. The standard InChI is InChI=1S/C22H23FN3O3/c1-22(2,3)29-21(27)25-13-19(24-12-15-7-5-4-6-8-15)18-14-26(28)20-11-16(23)9-10-17(18)20/h4-12,14,19H,13H2,1-3H3,(H,25,27)/q-1. The van der Waals surface area contributed by atoms with Crippen LogP contribution in [0, 0.1) is 11.0 Å². The summed E-state index contributed by atoms with van der Waals surface area (Å²) < 4.78 is 19.4. The fourth-order valence-corrected chi connectivity index (χ4v) is 2.91. The number of nitrogens with zero attached hydrogens (tertiary/aromatic N) is 2. The lowest BCUT2D eigenvalue weighted by atomic mass is 10.1. The van der Waals surface area contributed by atoms with Crippen molar-refractivity contribution in [1.82, 2.24) is 10.0 Å². The predicted molar refractivity (Wildman–Crippen MR) is 112 cm³/mol. The van der Waals surface area contributed by atoms with Gasteiger partial charge in [0, 0.05) is 35.4 Å². The smallest absolute Gasteiger partial charge is 0.407 e. The Morgan fingerprint density at radius 1 is 1.28 bits per heavy atom. The van der Waals surface area contributed by atoms with Gasteiger partial charge < -0.3 is 20.0 Å². The summed E-state index contributed by atoms with van der Waals surface area (Å²) in [6, 6.07) is 13.0. The minimum atomic E-state index is -0.630. The highest BCUT2D eigenvalue weighted by molar-refractivity contribution is 5.86. The van der Waals surface area contributed by atoms with Gasteiger partial charge in [-0.15, -0.1) is 0 Å². The largest absolute Gasteiger partial charge is 0.806 e. The second kappa shape index (κ2) is 8.34. The topological polar surface area (TPSA) is 78.7 Å². The molecule has 0 radical (unpaired) electrons. The number of aliphatic imine (C=N–C) groups is 1. The Morgan fingerprint density at radius 2 is 2.00 bits per heavy atom. The quantitative estimate of drug-likeness (QED) is 0.629. The fourth-order valence-electron chi connectivity index (χ4n) is 2.91. The van der Waals surface area contributed by atoms with Gasteiger partial charge in [-0.3, -0.25) is 4.99 Å². The van der Waals surface area contributed by atoms with E-state index in [1.54, 1.807) is 33.1 Å². The van der Waals surface area contributed by atoms with Crippen molar-refractivity contribution >= 4 is 23.2 Å². The summed E-state index contributed by atoms with van der Waals surface area (Å²) in [5, 5.41) is 15.5. The van der Waals surface area contributed by atoms with E-state index in [2.05, 4.69) is 10.3 Å². The molecule has 1 N–H and O–H groups in total. The van der Waals surface area contributed by atoms with Crippen LogP contribution in [0.1, 0.15) is 37.9 Å². The van der Waals surface area contributed by atoms with Crippen LogP contribution in [0.3, 0.4) is 0 Å². The van der Waals surface area contributed by atoms with Crippen molar-refractivity contribution in [3.8, 4) is 0 Å². The molecule has 1 aromatic heterocycles. The number of hydrogen-bond acceptors (Lipinski definition) is 4. The molecule has 7 heteroatoms. The van der Waals surface area contributed by atoms with Crippen molar-refractivity contribution in [3.63, 3.8) is 0 Å². The molecule has 3 rings (SSSR count). The number of fused-ring (bicyclic) bond motifs is 1. The van der Waals surface area contributed by atoms with E-state index in [9.17, 15) is 14.4 Å². The molecule has 0 aliphatic heterocycles. The molecule has 3 aromatic rings. The molecule has 0 saturated carbocycles. The number of nitrogens with one attached hydrogen (secondary N) is 1. The Kier molecular flexibility index (Phi) is 5.87. The number of alkyl carbamates (subject to hydrolysis) is 1. The maximum Gasteiger partial charge on any atom is 0.407 e. The van der Waals surface area contributed by atoms with Gasteiger partial charge >= 0.3 is 6.09 Å². The van der Waals surface area contributed by atoms with Crippen LogP contribution >= 0.6 is 0 Å². The first-order valence-electron chi connectivity index (χ1n) is 9.26. The maximum absolute atomic E-state index is 13.6. The molecule has 6 nitrogen and oxygen atoms in total. The van der Waals surface area contributed by atoms with E-state index in [1.807, 2.05) is 30.3 Å². The molecule has 1 unspecified atom stereocenters. The van der Waals surface area contributed by atoms with E-state index in [0.29, 0.717) is 15.7 Å². The van der Waals surface area contributed by atoms with E-state index in [-0.39, 0.29) is 12.1 Å². The van der Waals surface area contributed by atoms with E-state index in [0.717, 1.165) is 5.56 Å². The number of halogens is 1. The van der Waals surface area contributed by atoms with Crippen molar-refractivity contribution < 1.29 is 13.9 Å². The minimum Gasteiger partial charge on any atom is -0.806 e. The average molecular weight is 396 g/mol. The number of ether oxygens (including phenoxy) is 1. The summed E-state index contributed by atoms with van der Waals surface area (Å²) in [5.41, 5.74) is 1.07. The zero-order chi connectivity index (χ0) is 21.0. The van der Waals surface area contributed by atoms with Crippen molar-refractivity contribution in [2.24, 2.45) is 4.99 Å². The van der Waals surface area contributed by atoms with E-state index < -0.39 is 23.6 Å². The number of carbonyl (C=O) groups is 1. The van der Waals surface area contributed by atoms with Gasteiger partial charge in [-0.1, -0.05) is 30.3 Å². The summed E-state index contributed by atoms with van der Waals surface area (Å²) in [7, 11) is 0. The molecule has 1 heterocycles. The number of hydrogen-bond donors (Lipinski definition) is 1. The van der Waals surface area contributed by atoms with E-state index >= 15 is 0 Å². The molecule has 0 fully saturated rings. The molecular weight excluding hydrogens is 373 g/mol. The van der Waals surface area contributed by atoms with Crippen molar-refractivity contribution in [3.05, 3.63) is 76.9 Å². The maximum atomic E-state index is 13.6. The third-order valence-electron chi connectivity index (χ3n) is 4.17. The number of aromatic nitrogens is 1. The molecule has 0 aliphatic carbocycles. The fraction of sp³-hybridized carbons (Fsp3) is 0.273. The van der Waals surface area contributed by atoms with Crippen LogP contribution in [-0.4, -0.2) is 29.2 Å². The van der Waals surface area contributed by atoms with Crippen LogP contribution in [0.25, 0.3) is 10.9 Å². The van der Waals surface area contributed by atoms with Crippen LogP contribution < -0.4 is 5.32 Å². The van der Waals surface area contributed by atoms with Gasteiger partial charge in [0.25, 0.3) is 0 Å². The average Bonchev–Trinajstić information content (AvgIpc) is 2.97. The lowest BCUT2D eigenvalue weighted by Crippen LogP contribution is -2.34. The Bertz CT molecular complexity index is 1020. The van der Waals surface area contributed by atoms with Crippen molar-refractivity contribution in [1.29, 1.82) is 0 Å². The lowest BCUT2D eigenvalue weighted by Gasteiger charge is -2.21. The van der Waals surface area contributed by atoms with Crippen molar-refractivity contribution in [2.75, 3.05) is 6.54 Å². The van der Waals surface area contributed by atoms with Gasteiger partial charge in [0.1, 0.15) is 11.4 Å². The Morgan fingerprint density at radius 3 is 2.69 bits per heavy atom. The summed E-state index contributed by atoms with van der Waals surface area (Å²) in [6.45, 7) is 5.44. The van der Waals surface area contributed by atoms with E-state index in [4.69, 9.17) is 4.74 Å². The molecule has 0 aliphatic rings. The molecule has 29 heavy (non-hydrogen) atoms. The molecule has 1 amide bonds. The van der Waals surface area contributed by atoms with Gasteiger partial charge in [0.05, 0.1) is 6.04 Å². The summed E-state index contributed by atoms with van der Waals surface area (Å²) in [6.07, 6.45) is 2.47. The highest BCUT2D eigenvalue weighted by Gasteiger charge is 2.20. The molecule has 152 valence electrons. The molecular formula is C22H23FN3O3-. The normalized spacial score (nSPS) is 13.0. The van der Waals surface area contributed by atoms with Gasteiger partial charge in [-0.2, -0.15) is 0 Å². The zero-order valence-electron chi connectivity index (χ0n) is 16.6.